The van der Waals surface area contributed by atoms with Gasteiger partial charge < -0.3 is 14.0 Å². The van der Waals surface area contributed by atoms with Crippen LogP contribution in [0.3, 0.4) is 0 Å². The van der Waals surface area contributed by atoms with E-state index < -0.39 is 0 Å². The number of esters is 1. The third-order valence-corrected chi connectivity index (χ3v) is 4.28. The summed E-state index contributed by atoms with van der Waals surface area (Å²) in [6.07, 6.45) is 0. The summed E-state index contributed by atoms with van der Waals surface area (Å²) in [5, 5.41) is 10.6. The van der Waals surface area contributed by atoms with Crippen molar-refractivity contribution in [1.29, 1.82) is 5.26 Å². The maximum Gasteiger partial charge on any atom is 0.337 e. The molecule has 0 bridgehead atoms. The van der Waals surface area contributed by atoms with Crippen molar-refractivity contribution in [1.82, 2.24) is 4.57 Å². The van der Waals surface area contributed by atoms with Crippen LogP contribution >= 0.6 is 0 Å². The molecule has 0 aliphatic carbocycles. The Balaban J connectivity index is 2.24. The lowest BCUT2D eigenvalue weighted by Crippen LogP contribution is -2.01. The number of nitriles is 1. The Labute approximate surface area is 146 Å². The third-order valence-electron chi connectivity index (χ3n) is 4.28. The number of nitrogens with zero attached hydrogens (tertiary/aromatic N) is 2. The van der Waals surface area contributed by atoms with Gasteiger partial charge in [-0.25, -0.2) is 4.79 Å². The van der Waals surface area contributed by atoms with Crippen molar-refractivity contribution in [2.24, 2.45) is 0 Å². The predicted octanol–water partition coefficient (Wildman–Crippen LogP) is 4.00. The minimum atomic E-state index is -0.382. The van der Waals surface area contributed by atoms with Gasteiger partial charge in [0.25, 0.3) is 0 Å². The third kappa shape index (κ3) is 2.72. The van der Waals surface area contributed by atoms with Crippen molar-refractivity contribution >= 4 is 16.9 Å². The van der Waals surface area contributed by atoms with Gasteiger partial charge >= 0.3 is 5.97 Å². The van der Waals surface area contributed by atoms with Crippen LogP contribution in [0.25, 0.3) is 22.2 Å². The van der Waals surface area contributed by atoms with Gasteiger partial charge in [0.15, 0.2) is 0 Å². The van der Waals surface area contributed by atoms with Crippen molar-refractivity contribution in [3.63, 3.8) is 0 Å². The van der Waals surface area contributed by atoms with Gasteiger partial charge in [0.1, 0.15) is 11.8 Å². The highest BCUT2D eigenvalue weighted by Gasteiger charge is 2.19. The van der Waals surface area contributed by atoms with Crippen molar-refractivity contribution in [2.75, 3.05) is 14.2 Å². The van der Waals surface area contributed by atoms with E-state index in [2.05, 4.69) is 10.6 Å². The summed E-state index contributed by atoms with van der Waals surface area (Å²) in [7, 11) is 2.96. The number of rotatable bonds is 4. The summed E-state index contributed by atoms with van der Waals surface area (Å²) in [4.78, 5) is 11.6. The van der Waals surface area contributed by atoms with Crippen LogP contribution in [-0.2, 0) is 11.3 Å². The zero-order valence-corrected chi connectivity index (χ0v) is 14.4. The van der Waals surface area contributed by atoms with E-state index in [9.17, 15) is 10.1 Å². The van der Waals surface area contributed by atoms with Crippen LogP contribution < -0.4 is 4.74 Å². The number of fused-ring (bicyclic) bond motifs is 1. The van der Waals surface area contributed by atoms with Gasteiger partial charge in [-0.1, -0.05) is 12.1 Å². The number of aromatic nitrogens is 1. The summed E-state index contributed by atoms with van der Waals surface area (Å²) in [5.41, 5.74) is 3.77. The van der Waals surface area contributed by atoms with Gasteiger partial charge in [-0.2, -0.15) is 5.26 Å². The molecule has 3 rings (SSSR count). The molecule has 0 spiro atoms. The second kappa shape index (κ2) is 6.70. The standard InChI is InChI=1S/C20H18N2O3/c1-4-22-18-10-9-15(24-2)11-16(18)17(12-21)19(22)13-5-7-14(8-6-13)20(23)25-3/h5-11H,4H2,1-3H3. The normalized spacial score (nSPS) is 10.5. The van der Waals surface area contributed by atoms with Crippen LogP contribution in [0.5, 0.6) is 5.75 Å². The number of carbonyl (C=O) groups excluding carboxylic acids is 1. The van der Waals surface area contributed by atoms with Crippen LogP contribution in [0.2, 0.25) is 0 Å². The molecule has 5 nitrogen and oxygen atoms in total. The quantitative estimate of drug-likeness (QED) is 0.677. The Hall–Kier alpha value is -3.26. The maximum atomic E-state index is 11.6. The van der Waals surface area contributed by atoms with Crippen LogP contribution in [-0.4, -0.2) is 24.8 Å². The number of hydrogen-bond acceptors (Lipinski definition) is 4. The summed E-state index contributed by atoms with van der Waals surface area (Å²) < 4.78 is 12.1. The predicted molar refractivity (Wildman–Crippen MR) is 95.7 cm³/mol. The fourth-order valence-corrected chi connectivity index (χ4v) is 3.08. The lowest BCUT2D eigenvalue weighted by molar-refractivity contribution is 0.0601. The average molecular weight is 334 g/mol. The molecule has 0 aliphatic rings. The van der Waals surface area contributed by atoms with E-state index in [1.54, 1.807) is 19.2 Å². The van der Waals surface area contributed by atoms with E-state index in [0.29, 0.717) is 16.9 Å². The minimum absolute atomic E-state index is 0.382. The van der Waals surface area contributed by atoms with Gasteiger partial charge in [-0.05, 0) is 42.8 Å². The number of carbonyl (C=O) groups is 1. The summed E-state index contributed by atoms with van der Waals surface area (Å²) in [5.74, 6) is 0.331. The van der Waals surface area contributed by atoms with Gasteiger partial charge in [0.05, 0.1) is 36.6 Å². The smallest absolute Gasteiger partial charge is 0.337 e. The zero-order chi connectivity index (χ0) is 18.0. The molecule has 0 radical (unpaired) electrons. The first-order chi connectivity index (χ1) is 12.1. The second-order valence-electron chi connectivity index (χ2n) is 5.53. The molecule has 25 heavy (non-hydrogen) atoms. The largest absolute Gasteiger partial charge is 0.497 e. The first-order valence-corrected chi connectivity index (χ1v) is 7.93. The highest BCUT2D eigenvalue weighted by molar-refractivity contribution is 5.96. The summed E-state index contributed by atoms with van der Waals surface area (Å²) in [6.45, 7) is 2.76. The first-order valence-electron chi connectivity index (χ1n) is 7.93. The van der Waals surface area contributed by atoms with Crippen LogP contribution in [0, 0.1) is 11.3 Å². The number of hydrogen-bond donors (Lipinski definition) is 0. The van der Waals surface area contributed by atoms with E-state index in [4.69, 9.17) is 9.47 Å². The summed E-state index contributed by atoms with van der Waals surface area (Å²) >= 11 is 0. The molecule has 2 aromatic carbocycles. The lowest BCUT2D eigenvalue weighted by atomic mass is 10.0. The number of ether oxygens (including phenoxy) is 2. The molecule has 1 aromatic heterocycles. The molecular formula is C20H18N2O3. The Morgan fingerprint density at radius 1 is 1.16 bits per heavy atom. The number of methoxy groups -OCH3 is 2. The maximum absolute atomic E-state index is 11.6. The monoisotopic (exact) mass is 334 g/mol. The Morgan fingerprint density at radius 2 is 1.88 bits per heavy atom. The fourth-order valence-electron chi connectivity index (χ4n) is 3.08. The number of benzene rings is 2. The Kier molecular flexibility index (Phi) is 4.44. The van der Waals surface area contributed by atoms with Crippen LogP contribution in [0.15, 0.2) is 42.5 Å². The molecule has 0 aliphatic heterocycles. The molecular weight excluding hydrogens is 316 g/mol. The number of aryl methyl sites for hydroxylation is 1. The molecule has 5 heteroatoms. The van der Waals surface area contributed by atoms with Crippen molar-refractivity contribution in [3.05, 3.63) is 53.6 Å². The molecule has 0 saturated carbocycles. The highest BCUT2D eigenvalue weighted by atomic mass is 16.5. The molecule has 0 saturated heterocycles. The lowest BCUT2D eigenvalue weighted by Gasteiger charge is -2.09. The zero-order valence-electron chi connectivity index (χ0n) is 14.4. The fraction of sp³-hybridized carbons (Fsp3) is 0.200. The van der Waals surface area contributed by atoms with Gasteiger partial charge in [0, 0.05) is 11.9 Å². The van der Waals surface area contributed by atoms with Gasteiger partial charge in [0.2, 0.25) is 0 Å². The minimum Gasteiger partial charge on any atom is -0.497 e. The van der Waals surface area contributed by atoms with Gasteiger partial charge in [-0.15, -0.1) is 0 Å². The van der Waals surface area contributed by atoms with Crippen molar-refractivity contribution in [3.8, 4) is 23.1 Å². The van der Waals surface area contributed by atoms with Crippen molar-refractivity contribution < 1.29 is 14.3 Å². The molecule has 126 valence electrons. The SMILES string of the molecule is CCn1c(-c2ccc(C(=O)OC)cc2)c(C#N)c2cc(OC)ccc21. The van der Waals surface area contributed by atoms with Gasteiger partial charge in [-0.3, -0.25) is 0 Å². The molecule has 0 fully saturated rings. The first kappa shape index (κ1) is 16.6. The highest BCUT2D eigenvalue weighted by Crippen LogP contribution is 2.35. The molecule has 1 heterocycles. The Bertz CT molecular complexity index is 979. The molecule has 3 aromatic rings. The Morgan fingerprint density at radius 3 is 2.44 bits per heavy atom. The van der Waals surface area contributed by atoms with E-state index in [1.807, 2.05) is 37.3 Å². The molecule has 0 unspecified atom stereocenters. The van der Waals surface area contributed by atoms with Crippen LogP contribution in [0.1, 0.15) is 22.8 Å². The van der Waals surface area contributed by atoms with E-state index in [-0.39, 0.29) is 5.97 Å². The molecule has 0 atom stereocenters. The molecule has 0 N–H and O–H groups in total. The second-order valence-corrected chi connectivity index (χ2v) is 5.53. The van der Waals surface area contributed by atoms with Crippen molar-refractivity contribution in [2.45, 2.75) is 13.5 Å². The summed E-state index contributed by atoms with van der Waals surface area (Å²) in [6, 6.07) is 15.2. The molecule has 0 amide bonds. The van der Waals surface area contributed by atoms with Crippen LogP contribution in [0.4, 0.5) is 0 Å². The topological polar surface area (TPSA) is 64.2 Å². The average Bonchev–Trinajstić information content (AvgIpc) is 2.99. The van der Waals surface area contributed by atoms with E-state index >= 15 is 0 Å². The van der Waals surface area contributed by atoms with E-state index in [1.165, 1.54) is 7.11 Å². The van der Waals surface area contributed by atoms with E-state index in [0.717, 1.165) is 28.7 Å².